The lowest BCUT2D eigenvalue weighted by atomic mass is 9.86. The van der Waals surface area contributed by atoms with Crippen LogP contribution in [-0.2, 0) is 52.7 Å². The third-order valence-electron chi connectivity index (χ3n) is 19.4. The fourth-order valence-corrected chi connectivity index (χ4v) is 14.2. The Hall–Kier alpha value is -14.9. The van der Waals surface area contributed by atoms with Crippen LogP contribution in [-0.4, -0.2) is 270 Å². The molecule has 0 aromatic heterocycles. The molecule has 0 fully saturated rings. The van der Waals surface area contributed by atoms with Crippen LogP contribution in [0.4, 0.5) is 0 Å². The van der Waals surface area contributed by atoms with Gasteiger partial charge in [-0.15, -0.1) is 0 Å². The number of carbonyl (C=O) groups is 23. The molecule has 6 heterocycles. The first-order chi connectivity index (χ1) is 53.7. The fraction of sp³-hybridized carbons (Fsp3) is 0.274. The molecule has 19 amide bonds. The molecule has 0 saturated carbocycles. The van der Waals surface area contributed by atoms with Crippen LogP contribution in [0.2, 0.25) is 0 Å². The second-order valence-electron chi connectivity index (χ2n) is 26.4. The van der Waals surface area contributed by atoms with E-state index in [-0.39, 0.29) is 106 Å². The standard InChI is InChI=1S/C73H61N13O27/c1-30(87)78-43(26-49(91)92)59(99)74-17-23-84-68(108)39-10-4-33-54-34(5-11-40(57(39)54)69(84)109)65(105)82(64(33)104)21-15-47(89)80-45(28-51(95)96)61(101)76-19-25-86-72(112)41-12-6-35-55-36(7-13-42(58(41)55)73(86)113)67(107)83(66(35)106)22-16-48(90)79-44(27-50(93)94)60(100)75-18-24-85-70(110)37-8-2-31-53-32(3-9-38(56(37)53)71(85)111)63(103)81(62(31)102)20-14-46(88)77-29-52(97)98/h2-13,43-45H,14-29H2,1H3,(H,74,99)(H,75,100)(H,76,101)(H,77,88)(H,78,87)(H,79,90)(H,80,89)(H,91,92)(H,93,94)(H,95,96)(H,97,98)/t43-,44-,45-/m0/s1. The van der Waals surface area contributed by atoms with E-state index in [9.17, 15) is 126 Å². The van der Waals surface area contributed by atoms with E-state index in [4.69, 9.17) is 5.11 Å². The highest BCUT2D eigenvalue weighted by Gasteiger charge is 2.45. The van der Waals surface area contributed by atoms with Gasteiger partial charge in [0.2, 0.25) is 41.4 Å². The number of hydrogen-bond acceptors (Lipinski definition) is 23. The molecule has 0 unspecified atom stereocenters. The molecule has 6 aromatic rings. The molecule has 0 radical (unpaired) electrons. The minimum Gasteiger partial charge on any atom is -0.481 e. The summed E-state index contributed by atoms with van der Waals surface area (Å²) >= 11 is 0. The molecule has 0 spiro atoms. The van der Waals surface area contributed by atoms with E-state index >= 15 is 0 Å². The zero-order valence-electron chi connectivity index (χ0n) is 58.8. The van der Waals surface area contributed by atoms with Crippen LogP contribution < -0.4 is 37.2 Å². The van der Waals surface area contributed by atoms with Crippen LogP contribution in [0.15, 0.2) is 72.8 Å². The van der Waals surface area contributed by atoms with Crippen molar-refractivity contribution >= 4 is 168 Å². The first kappa shape index (κ1) is 77.7. The largest absolute Gasteiger partial charge is 0.481 e. The van der Waals surface area contributed by atoms with Crippen molar-refractivity contribution in [3.63, 3.8) is 0 Å². The van der Waals surface area contributed by atoms with Crippen LogP contribution in [0.5, 0.6) is 0 Å². The molecule has 0 saturated heterocycles. The Morgan fingerprint density at radius 3 is 0.664 bits per heavy atom. The highest BCUT2D eigenvalue weighted by molar-refractivity contribution is 6.36. The molecule has 580 valence electrons. The third-order valence-corrected chi connectivity index (χ3v) is 19.4. The molecule has 3 atom stereocenters. The predicted molar refractivity (Wildman–Crippen MR) is 376 cm³/mol. The molecular formula is C73H61N13O27. The monoisotopic (exact) mass is 1550 g/mol. The zero-order valence-corrected chi connectivity index (χ0v) is 58.8. The average Bonchev–Trinajstić information content (AvgIpc) is 0.725. The smallest absolute Gasteiger partial charge is 0.322 e. The van der Waals surface area contributed by atoms with Gasteiger partial charge in [-0.05, 0) is 72.8 Å². The molecule has 6 aromatic carbocycles. The zero-order chi connectivity index (χ0) is 81.6. The number of benzene rings is 6. The first-order valence-corrected chi connectivity index (χ1v) is 34.5. The Balaban J connectivity index is 0.621. The van der Waals surface area contributed by atoms with E-state index in [2.05, 4.69) is 37.2 Å². The minimum absolute atomic E-state index is 0.00462. The van der Waals surface area contributed by atoms with Crippen molar-refractivity contribution in [2.24, 2.45) is 0 Å². The van der Waals surface area contributed by atoms with Crippen molar-refractivity contribution in [3.05, 3.63) is 140 Å². The summed E-state index contributed by atoms with van der Waals surface area (Å²) in [5, 5.41) is 53.1. The number of imide groups is 6. The normalized spacial score (nSPS) is 15.3. The van der Waals surface area contributed by atoms with Crippen molar-refractivity contribution in [2.75, 3.05) is 65.4 Å². The van der Waals surface area contributed by atoms with Crippen molar-refractivity contribution in [3.8, 4) is 0 Å². The van der Waals surface area contributed by atoms with Gasteiger partial charge >= 0.3 is 23.9 Å². The quantitative estimate of drug-likeness (QED) is 0.0199. The average molecular weight is 1550 g/mol. The van der Waals surface area contributed by atoms with Gasteiger partial charge in [-0.25, -0.2) is 0 Å². The van der Waals surface area contributed by atoms with Crippen molar-refractivity contribution in [1.82, 2.24) is 66.6 Å². The maximum Gasteiger partial charge on any atom is 0.322 e. The summed E-state index contributed by atoms with van der Waals surface area (Å²) in [7, 11) is 0. The van der Waals surface area contributed by atoms with Crippen LogP contribution in [0.3, 0.4) is 0 Å². The highest BCUT2D eigenvalue weighted by atomic mass is 16.4. The summed E-state index contributed by atoms with van der Waals surface area (Å²) < 4.78 is 0. The van der Waals surface area contributed by atoms with Crippen molar-refractivity contribution < 1.29 is 131 Å². The number of nitrogens with zero attached hydrogens (tertiary/aromatic N) is 6. The van der Waals surface area contributed by atoms with Crippen molar-refractivity contribution in [2.45, 2.75) is 63.6 Å². The van der Waals surface area contributed by atoms with Gasteiger partial charge in [-0.1, -0.05) is 0 Å². The van der Waals surface area contributed by atoms with Crippen molar-refractivity contribution in [1.29, 1.82) is 0 Å². The summed E-state index contributed by atoms with van der Waals surface area (Å²) in [6, 6.07) is 9.55. The van der Waals surface area contributed by atoms with Gasteiger partial charge in [0.05, 0.1) is 19.3 Å². The number of amides is 19. The summed E-state index contributed by atoms with van der Waals surface area (Å²) in [5.41, 5.74) is -1.56. The molecule has 6 aliphatic heterocycles. The van der Waals surface area contributed by atoms with Crippen LogP contribution in [0.25, 0.3) is 32.3 Å². The Morgan fingerprint density at radius 2 is 0.469 bits per heavy atom. The topological polar surface area (TPSA) is 577 Å². The van der Waals surface area contributed by atoms with E-state index in [1.807, 2.05) is 0 Å². The van der Waals surface area contributed by atoms with E-state index in [0.29, 0.717) is 14.7 Å². The molecule has 11 N–H and O–H groups in total. The molecule has 6 aliphatic rings. The van der Waals surface area contributed by atoms with Gasteiger partial charge in [-0.2, -0.15) is 0 Å². The highest BCUT2D eigenvalue weighted by Crippen LogP contribution is 2.42. The number of carbonyl (C=O) groups excluding carboxylic acids is 19. The Bertz CT molecular complexity index is 5250. The van der Waals surface area contributed by atoms with Gasteiger partial charge in [0.25, 0.3) is 70.9 Å². The molecule has 113 heavy (non-hydrogen) atoms. The van der Waals surface area contributed by atoms with Crippen LogP contribution in [0.1, 0.15) is 170 Å². The lowest BCUT2D eigenvalue weighted by Gasteiger charge is -2.32. The van der Waals surface area contributed by atoms with Crippen LogP contribution >= 0.6 is 0 Å². The number of carboxylic acid groups (broad SMARTS) is 4. The number of rotatable bonds is 32. The molecule has 40 nitrogen and oxygen atoms in total. The maximum atomic E-state index is 14.1. The molecular weight excluding hydrogens is 1490 g/mol. The minimum atomic E-state index is -1.82. The summed E-state index contributed by atoms with van der Waals surface area (Å²) in [5.74, 6) is -23.6. The lowest BCUT2D eigenvalue weighted by molar-refractivity contribution is -0.141. The Labute approximate surface area is 632 Å². The van der Waals surface area contributed by atoms with Gasteiger partial charge in [0.15, 0.2) is 0 Å². The molecule has 40 heteroatoms. The fourth-order valence-electron chi connectivity index (χ4n) is 14.2. The van der Waals surface area contributed by atoms with Crippen LogP contribution in [0, 0.1) is 0 Å². The Kier molecular flexibility index (Phi) is 21.3. The van der Waals surface area contributed by atoms with E-state index in [1.54, 1.807) is 0 Å². The van der Waals surface area contributed by atoms with Gasteiger partial charge in [-0.3, -0.25) is 140 Å². The predicted octanol–water partition coefficient (Wildman–Crippen LogP) is -2.26. The second-order valence-corrected chi connectivity index (χ2v) is 26.4. The SMILES string of the molecule is CC(=O)N[C@@H](CC(=O)O)C(=O)NCCN1C(=O)c2ccc3c4c(ccc(c24)C1=O)C(=O)N(CCC(=O)N[C@@H](CC(=O)O)C(=O)NCCN1C(=O)c2ccc4c5c(ccc(c25)C1=O)C(=O)N(CCC(=O)N[C@@H](CC(=O)O)C(=O)NCCN1C(=O)c2ccc5c6c(ccc(c26)C1=O)C(=O)N(CCC(=O)NCC(=O)O)C5=O)C4=O)C3=O. The molecule has 12 rings (SSSR count). The summed E-state index contributed by atoms with van der Waals surface area (Å²) in [4.78, 5) is 308. The maximum absolute atomic E-state index is 14.1. The first-order valence-electron chi connectivity index (χ1n) is 34.5. The van der Waals surface area contributed by atoms with E-state index < -0.39 is 252 Å². The molecule has 0 bridgehead atoms. The summed E-state index contributed by atoms with van der Waals surface area (Å²) in [6.45, 7) is -4.27. The van der Waals surface area contributed by atoms with E-state index in [1.165, 1.54) is 72.8 Å². The third kappa shape index (κ3) is 14.6. The number of carboxylic acids is 4. The lowest BCUT2D eigenvalue weighted by Crippen LogP contribution is -2.51. The number of aliphatic carboxylic acids is 4. The molecule has 0 aliphatic carbocycles. The van der Waals surface area contributed by atoms with Gasteiger partial charge < -0.3 is 57.6 Å². The number of nitrogens with one attached hydrogen (secondary N) is 7. The van der Waals surface area contributed by atoms with E-state index in [0.717, 1.165) is 21.6 Å². The van der Waals surface area contributed by atoms with Gasteiger partial charge in [0.1, 0.15) is 24.7 Å². The summed E-state index contributed by atoms with van der Waals surface area (Å²) in [6.07, 6.45) is -4.63. The second kappa shape index (κ2) is 31.0. The Morgan fingerprint density at radius 1 is 0.274 bits per heavy atom. The van der Waals surface area contributed by atoms with Gasteiger partial charge in [0, 0.05) is 184 Å². The number of hydrogen-bond donors (Lipinski definition) is 11.